The van der Waals surface area contributed by atoms with Gasteiger partial charge in [-0.15, -0.1) is 0 Å². The molecule has 0 saturated carbocycles. The van der Waals surface area contributed by atoms with Gasteiger partial charge < -0.3 is 19.3 Å². The van der Waals surface area contributed by atoms with E-state index in [9.17, 15) is 40.5 Å². The topological polar surface area (TPSA) is 197 Å². The maximum Gasteiger partial charge on any atom is 0.325 e. The molecule has 2 aliphatic heterocycles. The van der Waals surface area contributed by atoms with Crippen LogP contribution in [0.15, 0.2) is 0 Å². The Morgan fingerprint density at radius 3 is 1.20 bits per heavy atom. The van der Waals surface area contributed by atoms with Gasteiger partial charge >= 0.3 is 22.7 Å². The first-order valence-corrected chi connectivity index (χ1v) is 10.00. The molecule has 2 bridgehead atoms. The number of methoxy groups -OCH3 is 2. The fraction of sp³-hybridized carbons (Fsp3) is 0.368. The van der Waals surface area contributed by atoms with Crippen LogP contribution < -0.4 is 19.3 Å². The number of fused-ring (bicyclic) bond motifs is 6. The molecule has 0 fully saturated rings. The van der Waals surface area contributed by atoms with E-state index < -0.39 is 53.9 Å². The molecule has 35 heavy (non-hydrogen) atoms. The maximum absolute atomic E-state index is 12.0. The van der Waals surface area contributed by atoms with Crippen LogP contribution in [0.2, 0.25) is 0 Å². The van der Waals surface area contributed by atoms with Gasteiger partial charge in [0.25, 0.3) is 11.5 Å². The zero-order valence-corrected chi connectivity index (χ0v) is 18.9. The molecule has 16 nitrogen and oxygen atoms in total. The van der Waals surface area contributed by atoms with E-state index >= 15 is 0 Å². The Kier molecular flexibility index (Phi) is 5.30. The van der Waals surface area contributed by atoms with Gasteiger partial charge in [-0.05, 0) is 13.8 Å². The van der Waals surface area contributed by atoms with Crippen LogP contribution in [0.3, 0.4) is 0 Å². The van der Waals surface area contributed by atoms with Crippen molar-refractivity contribution in [3.05, 3.63) is 62.7 Å². The van der Waals surface area contributed by atoms with E-state index in [0.717, 1.165) is 14.2 Å². The zero-order valence-electron chi connectivity index (χ0n) is 18.9. The van der Waals surface area contributed by atoms with Crippen molar-refractivity contribution in [2.45, 2.75) is 26.9 Å². The van der Waals surface area contributed by atoms with Gasteiger partial charge in [-0.1, -0.05) is 0 Å². The number of hydrogen-bond donors (Lipinski definition) is 0. The summed E-state index contributed by atoms with van der Waals surface area (Å²) in [7, 11) is 2.17. The van der Waals surface area contributed by atoms with E-state index in [0.29, 0.717) is 0 Å². The lowest BCUT2D eigenvalue weighted by molar-refractivity contribution is -0.396. The summed E-state index contributed by atoms with van der Waals surface area (Å²) in [4.78, 5) is 47.6. The van der Waals surface area contributed by atoms with E-state index in [1.54, 1.807) is 0 Å². The Morgan fingerprint density at radius 2 is 0.943 bits per heavy atom. The first-order valence-electron chi connectivity index (χ1n) is 10.00. The number of benzene rings is 2. The van der Waals surface area contributed by atoms with Gasteiger partial charge in [0.2, 0.25) is 0 Å². The van der Waals surface area contributed by atoms with Crippen LogP contribution in [0, 0.1) is 54.3 Å². The van der Waals surface area contributed by atoms with Crippen molar-refractivity contribution in [3.63, 3.8) is 0 Å². The van der Waals surface area contributed by atoms with Crippen molar-refractivity contribution in [2.75, 3.05) is 30.7 Å². The number of nitro benzene ring substituents is 4. The quantitative estimate of drug-likeness (QED) is 0.423. The number of rotatable bonds is 6. The van der Waals surface area contributed by atoms with Crippen LogP contribution in [-0.4, -0.2) is 40.6 Å². The van der Waals surface area contributed by atoms with Gasteiger partial charge in [-0.2, -0.15) is 0 Å². The van der Waals surface area contributed by atoms with E-state index in [1.165, 1.54) is 23.6 Å². The molecule has 0 N–H and O–H groups in total. The normalized spacial score (nSPS) is 13.6. The second-order valence-corrected chi connectivity index (χ2v) is 7.93. The summed E-state index contributed by atoms with van der Waals surface area (Å²) in [6.07, 6.45) is 0. The minimum absolute atomic E-state index is 0.0446. The van der Waals surface area contributed by atoms with Crippen molar-refractivity contribution in [3.8, 4) is 11.5 Å². The van der Waals surface area contributed by atoms with Crippen molar-refractivity contribution >= 4 is 34.1 Å². The highest BCUT2D eigenvalue weighted by Gasteiger charge is 2.47. The minimum atomic E-state index is -0.778. The van der Waals surface area contributed by atoms with Crippen molar-refractivity contribution in [2.24, 2.45) is 0 Å². The van der Waals surface area contributed by atoms with Crippen LogP contribution >= 0.6 is 0 Å². The Labute approximate surface area is 195 Å². The van der Waals surface area contributed by atoms with Crippen molar-refractivity contribution < 1.29 is 29.2 Å². The van der Waals surface area contributed by atoms with Gasteiger partial charge in [-0.25, -0.2) is 0 Å². The smallest absolute Gasteiger partial charge is 0.325 e. The van der Waals surface area contributed by atoms with Crippen molar-refractivity contribution in [1.82, 2.24) is 0 Å². The summed E-state index contributed by atoms with van der Waals surface area (Å²) in [5.74, 6) is -1.02. The molecule has 2 heterocycles. The molecule has 0 spiro atoms. The molecule has 0 aliphatic carbocycles. The van der Waals surface area contributed by atoms with Gasteiger partial charge in [0, 0.05) is 0 Å². The SMILES string of the molecule is COc1c([N+](=O)[O-])c(C)c2c(c1[N+](=O)[O-])CN1CN2Cc2c1c(C)c([N+](=O)[O-])c(OC)c2[N+](=O)[O-]. The van der Waals surface area contributed by atoms with Gasteiger partial charge in [-0.3, -0.25) is 40.5 Å². The van der Waals surface area contributed by atoms with Crippen molar-refractivity contribution in [1.29, 1.82) is 0 Å². The standard InChI is InChI=1S/C19H18N6O10/c1-8-12-10(16(24(30)31)18(34-3)14(8)22(26)27)5-21-7-20(12)6-11-13(21)9(2)15(23(28)29)19(35-4)17(11)25(32)33/h5-7H2,1-4H3. The lowest BCUT2D eigenvalue weighted by Crippen LogP contribution is -2.47. The Hall–Kier alpha value is -4.76. The zero-order chi connectivity index (χ0) is 25.9. The molecule has 2 aromatic rings. The van der Waals surface area contributed by atoms with E-state index in [-0.39, 0.29) is 53.4 Å². The molecule has 4 rings (SSSR count). The summed E-state index contributed by atoms with van der Waals surface area (Å²) in [5.41, 5.74) is -1.58. The van der Waals surface area contributed by atoms with Crippen LogP contribution in [0.4, 0.5) is 34.1 Å². The molecule has 0 saturated heterocycles. The Bertz CT molecular complexity index is 1260. The molecule has 2 aliphatic rings. The third-order valence-corrected chi connectivity index (χ3v) is 6.23. The highest BCUT2D eigenvalue weighted by atomic mass is 16.6. The minimum Gasteiger partial charge on any atom is -0.485 e. The molecular formula is C19H18N6O10. The molecule has 16 heteroatoms. The number of anilines is 2. The van der Waals surface area contributed by atoms with Gasteiger partial charge in [0.1, 0.15) is 0 Å². The molecule has 0 aromatic heterocycles. The Balaban J connectivity index is 2.09. The average Bonchev–Trinajstić information content (AvgIpc) is 2.76. The third-order valence-electron chi connectivity index (χ3n) is 6.23. The van der Waals surface area contributed by atoms with Gasteiger partial charge in [0.05, 0.1) is 87.3 Å². The highest BCUT2D eigenvalue weighted by Crippen LogP contribution is 2.55. The van der Waals surface area contributed by atoms with Crippen LogP contribution in [0.5, 0.6) is 11.5 Å². The fourth-order valence-corrected chi connectivity index (χ4v) is 5.10. The first kappa shape index (κ1) is 23.4. The predicted molar refractivity (Wildman–Crippen MR) is 119 cm³/mol. The maximum atomic E-state index is 12.0. The van der Waals surface area contributed by atoms with Crippen LogP contribution in [0.1, 0.15) is 22.3 Å². The number of nitrogens with zero attached hydrogens (tertiary/aromatic N) is 6. The van der Waals surface area contributed by atoms with Crippen LogP contribution in [0.25, 0.3) is 0 Å². The number of ether oxygens (including phenoxy) is 2. The summed E-state index contributed by atoms with van der Waals surface area (Å²) < 4.78 is 10.2. The third kappa shape index (κ3) is 3.13. The molecule has 2 aromatic carbocycles. The Morgan fingerprint density at radius 1 is 0.629 bits per heavy atom. The fourth-order valence-electron chi connectivity index (χ4n) is 5.10. The average molecular weight is 490 g/mol. The summed E-state index contributed by atoms with van der Waals surface area (Å²) in [6, 6.07) is 0. The molecule has 0 unspecified atom stereocenters. The van der Waals surface area contributed by atoms with Crippen LogP contribution in [-0.2, 0) is 13.1 Å². The predicted octanol–water partition coefficient (Wildman–Crippen LogP) is 3.25. The molecule has 0 radical (unpaired) electrons. The monoisotopic (exact) mass is 490 g/mol. The lowest BCUT2D eigenvalue weighted by Gasteiger charge is -2.45. The first-order chi connectivity index (χ1) is 16.5. The van der Waals surface area contributed by atoms with E-state index in [2.05, 4.69) is 0 Å². The summed E-state index contributed by atoms with van der Waals surface area (Å²) in [6.45, 7) is 2.51. The molecular weight excluding hydrogens is 472 g/mol. The van der Waals surface area contributed by atoms with E-state index in [1.807, 2.05) is 0 Å². The summed E-state index contributed by atoms with van der Waals surface area (Å²) in [5, 5.41) is 47.6. The van der Waals surface area contributed by atoms with E-state index in [4.69, 9.17) is 9.47 Å². The second kappa shape index (κ2) is 7.93. The largest absolute Gasteiger partial charge is 0.485 e. The number of hydrogen-bond acceptors (Lipinski definition) is 12. The summed E-state index contributed by atoms with van der Waals surface area (Å²) >= 11 is 0. The number of nitro groups is 4. The molecule has 0 atom stereocenters. The molecule has 0 amide bonds. The second-order valence-electron chi connectivity index (χ2n) is 7.93. The lowest BCUT2D eigenvalue weighted by atomic mass is 9.92. The molecule has 184 valence electrons. The van der Waals surface area contributed by atoms with Gasteiger partial charge in [0.15, 0.2) is 0 Å². The highest BCUT2D eigenvalue weighted by molar-refractivity contribution is 5.87.